The van der Waals surface area contributed by atoms with Crippen LogP contribution in [-0.2, 0) is 17.6 Å². The van der Waals surface area contributed by atoms with Crippen molar-refractivity contribution >= 4 is 0 Å². The second-order valence-corrected chi connectivity index (χ2v) is 5.30. The van der Waals surface area contributed by atoms with Gasteiger partial charge in [0.05, 0.1) is 0 Å². The fraction of sp³-hybridized carbons (Fsp3) is 0.625. The van der Waals surface area contributed by atoms with E-state index in [0.717, 1.165) is 18.9 Å². The van der Waals surface area contributed by atoms with Crippen LogP contribution < -0.4 is 5.32 Å². The van der Waals surface area contributed by atoms with Gasteiger partial charge >= 0.3 is 0 Å². The van der Waals surface area contributed by atoms with Gasteiger partial charge in [-0.25, -0.2) is 0 Å². The molecule has 0 saturated carbocycles. The lowest BCUT2D eigenvalue weighted by molar-refractivity contribution is 0.182. The molecule has 18 heavy (non-hydrogen) atoms. The van der Waals surface area contributed by atoms with Gasteiger partial charge in [0.15, 0.2) is 0 Å². The van der Waals surface area contributed by atoms with Gasteiger partial charge in [-0.2, -0.15) is 0 Å². The van der Waals surface area contributed by atoms with Crippen molar-refractivity contribution in [3.8, 4) is 0 Å². The summed E-state index contributed by atoms with van der Waals surface area (Å²) >= 11 is 0. The Kier molecular flexibility index (Phi) is 5.21. The van der Waals surface area contributed by atoms with E-state index in [1.54, 1.807) is 18.2 Å². The van der Waals surface area contributed by atoms with E-state index in [4.69, 9.17) is 4.74 Å². The molecule has 0 saturated heterocycles. The largest absolute Gasteiger partial charge is 0.385 e. The van der Waals surface area contributed by atoms with Gasteiger partial charge in [0.2, 0.25) is 0 Å². The van der Waals surface area contributed by atoms with Gasteiger partial charge in [0.1, 0.15) is 0 Å². The Morgan fingerprint density at radius 3 is 2.83 bits per heavy atom. The van der Waals surface area contributed by atoms with Gasteiger partial charge in [0.25, 0.3) is 0 Å². The van der Waals surface area contributed by atoms with Crippen molar-refractivity contribution in [3.63, 3.8) is 0 Å². The number of hydrogen-bond donors (Lipinski definition) is 1. The van der Waals surface area contributed by atoms with Crippen LogP contribution in [0.4, 0.5) is 0 Å². The van der Waals surface area contributed by atoms with Gasteiger partial charge in [-0.1, -0.05) is 24.3 Å². The summed E-state index contributed by atoms with van der Waals surface area (Å²) in [4.78, 5) is 0. The van der Waals surface area contributed by atoms with Crippen LogP contribution in [0.15, 0.2) is 24.3 Å². The molecule has 0 radical (unpaired) electrons. The SMILES string of the molecule is CNC(CCCOC)C1CCc2ccccc2C1. The second kappa shape index (κ2) is 6.91. The summed E-state index contributed by atoms with van der Waals surface area (Å²) in [7, 11) is 3.88. The fourth-order valence-corrected chi connectivity index (χ4v) is 3.13. The number of fused-ring (bicyclic) bond motifs is 1. The predicted molar refractivity (Wildman–Crippen MR) is 75.9 cm³/mol. The lowest BCUT2D eigenvalue weighted by atomic mass is 9.79. The molecule has 0 bridgehead atoms. The van der Waals surface area contributed by atoms with Gasteiger partial charge in [-0.05, 0) is 56.2 Å². The van der Waals surface area contributed by atoms with E-state index in [1.807, 2.05) is 0 Å². The maximum Gasteiger partial charge on any atom is 0.0462 e. The number of methoxy groups -OCH3 is 1. The Morgan fingerprint density at radius 1 is 1.33 bits per heavy atom. The van der Waals surface area contributed by atoms with Crippen LogP contribution in [-0.4, -0.2) is 26.8 Å². The van der Waals surface area contributed by atoms with E-state index in [-0.39, 0.29) is 0 Å². The number of benzene rings is 1. The lowest BCUT2D eigenvalue weighted by Gasteiger charge is -2.31. The zero-order valence-corrected chi connectivity index (χ0v) is 11.6. The lowest BCUT2D eigenvalue weighted by Crippen LogP contribution is -2.37. The molecule has 0 heterocycles. The van der Waals surface area contributed by atoms with Gasteiger partial charge < -0.3 is 10.1 Å². The molecular weight excluding hydrogens is 222 g/mol. The fourth-order valence-electron chi connectivity index (χ4n) is 3.13. The molecule has 1 aromatic rings. The Balaban J connectivity index is 1.93. The minimum absolute atomic E-state index is 0.633. The summed E-state index contributed by atoms with van der Waals surface area (Å²) in [5.74, 6) is 0.779. The summed E-state index contributed by atoms with van der Waals surface area (Å²) in [5.41, 5.74) is 3.11. The van der Waals surface area contributed by atoms with Crippen LogP contribution in [0.5, 0.6) is 0 Å². The highest BCUT2D eigenvalue weighted by molar-refractivity contribution is 5.29. The molecule has 2 rings (SSSR count). The van der Waals surface area contributed by atoms with Crippen molar-refractivity contribution in [1.82, 2.24) is 5.32 Å². The van der Waals surface area contributed by atoms with Crippen LogP contribution in [0.2, 0.25) is 0 Å². The van der Waals surface area contributed by atoms with Gasteiger partial charge in [0, 0.05) is 19.8 Å². The van der Waals surface area contributed by atoms with Crippen molar-refractivity contribution in [2.75, 3.05) is 20.8 Å². The number of rotatable bonds is 6. The number of nitrogens with one attached hydrogen (secondary N) is 1. The quantitative estimate of drug-likeness (QED) is 0.781. The predicted octanol–water partition coefficient (Wildman–Crippen LogP) is 2.81. The molecule has 2 atom stereocenters. The third-order valence-electron chi connectivity index (χ3n) is 4.19. The van der Waals surface area contributed by atoms with Crippen molar-refractivity contribution in [2.45, 2.75) is 38.1 Å². The first kappa shape index (κ1) is 13.6. The van der Waals surface area contributed by atoms with Gasteiger partial charge in [-0.15, -0.1) is 0 Å². The van der Waals surface area contributed by atoms with E-state index in [0.29, 0.717) is 6.04 Å². The topological polar surface area (TPSA) is 21.3 Å². The maximum absolute atomic E-state index is 5.15. The Bertz CT molecular complexity index is 364. The van der Waals surface area contributed by atoms with E-state index in [1.165, 1.54) is 25.7 Å². The van der Waals surface area contributed by atoms with Crippen molar-refractivity contribution in [2.24, 2.45) is 5.92 Å². The summed E-state index contributed by atoms with van der Waals surface area (Å²) in [5, 5.41) is 3.51. The average Bonchev–Trinajstić information content (AvgIpc) is 2.43. The number of aryl methyl sites for hydroxylation is 1. The summed E-state index contributed by atoms with van der Waals surface area (Å²) in [6.07, 6.45) is 6.16. The van der Waals surface area contributed by atoms with Crippen LogP contribution in [0.1, 0.15) is 30.4 Å². The molecule has 0 fully saturated rings. The van der Waals surface area contributed by atoms with Crippen molar-refractivity contribution < 1.29 is 4.74 Å². The van der Waals surface area contributed by atoms with E-state index in [9.17, 15) is 0 Å². The second-order valence-electron chi connectivity index (χ2n) is 5.30. The highest BCUT2D eigenvalue weighted by atomic mass is 16.5. The molecule has 1 N–H and O–H groups in total. The third-order valence-corrected chi connectivity index (χ3v) is 4.19. The van der Waals surface area contributed by atoms with Crippen molar-refractivity contribution in [1.29, 1.82) is 0 Å². The molecule has 0 spiro atoms. The van der Waals surface area contributed by atoms with E-state index < -0.39 is 0 Å². The third kappa shape index (κ3) is 3.33. The minimum Gasteiger partial charge on any atom is -0.385 e. The van der Waals surface area contributed by atoms with Crippen molar-refractivity contribution in [3.05, 3.63) is 35.4 Å². The molecule has 0 aliphatic heterocycles. The van der Waals surface area contributed by atoms with Crippen LogP contribution in [0.25, 0.3) is 0 Å². The Labute approximate surface area is 111 Å². The van der Waals surface area contributed by atoms with E-state index >= 15 is 0 Å². The first-order valence-electron chi connectivity index (χ1n) is 7.08. The Morgan fingerprint density at radius 2 is 2.11 bits per heavy atom. The van der Waals surface area contributed by atoms with Crippen LogP contribution in [0, 0.1) is 5.92 Å². The average molecular weight is 247 g/mol. The molecular formula is C16H25NO. The molecule has 1 aromatic carbocycles. The number of hydrogen-bond acceptors (Lipinski definition) is 2. The first-order chi connectivity index (χ1) is 8.85. The molecule has 0 aromatic heterocycles. The van der Waals surface area contributed by atoms with E-state index in [2.05, 4.69) is 36.6 Å². The van der Waals surface area contributed by atoms with Gasteiger partial charge in [-0.3, -0.25) is 0 Å². The zero-order valence-electron chi connectivity index (χ0n) is 11.6. The summed E-state index contributed by atoms with van der Waals surface area (Å²) in [6, 6.07) is 9.54. The zero-order chi connectivity index (χ0) is 12.8. The molecule has 2 unspecified atom stereocenters. The molecule has 1 aliphatic rings. The monoisotopic (exact) mass is 247 g/mol. The molecule has 0 amide bonds. The summed E-state index contributed by atoms with van der Waals surface area (Å²) < 4.78 is 5.15. The molecule has 100 valence electrons. The highest BCUT2D eigenvalue weighted by Gasteiger charge is 2.24. The normalized spacial score (nSPS) is 20.4. The minimum atomic E-state index is 0.633. The Hall–Kier alpha value is -0.860. The van der Waals surface area contributed by atoms with Crippen LogP contribution >= 0.6 is 0 Å². The molecule has 2 nitrogen and oxygen atoms in total. The summed E-state index contributed by atoms with van der Waals surface area (Å²) in [6.45, 7) is 0.876. The maximum atomic E-state index is 5.15. The molecule has 1 aliphatic carbocycles. The smallest absolute Gasteiger partial charge is 0.0462 e. The first-order valence-corrected chi connectivity index (χ1v) is 7.08. The highest BCUT2D eigenvalue weighted by Crippen LogP contribution is 2.28. The standard InChI is InChI=1S/C16H25NO/c1-17-16(8-5-11-18-2)15-10-9-13-6-3-4-7-14(13)12-15/h3-4,6-7,15-17H,5,8-12H2,1-2H3. The molecule has 2 heteroatoms. The van der Waals surface area contributed by atoms with Crippen LogP contribution in [0.3, 0.4) is 0 Å². The number of ether oxygens (including phenoxy) is 1.